The normalized spacial score (nSPS) is 22.5. The molecule has 1 aromatic rings. The van der Waals surface area contributed by atoms with Gasteiger partial charge in [0.15, 0.2) is 9.84 Å². The van der Waals surface area contributed by atoms with Crippen molar-refractivity contribution in [2.45, 2.75) is 56.3 Å². The summed E-state index contributed by atoms with van der Waals surface area (Å²) < 4.78 is 24.7. The highest BCUT2D eigenvalue weighted by molar-refractivity contribution is 7.90. The van der Waals surface area contributed by atoms with Gasteiger partial charge in [0.25, 0.3) is 0 Å². The molecule has 3 heterocycles. The summed E-state index contributed by atoms with van der Waals surface area (Å²) in [7, 11) is -3.40. The molecule has 0 radical (unpaired) electrons. The molecule has 3 fully saturated rings. The molecular formula is C20H30N4O3S. The lowest BCUT2D eigenvalue weighted by molar-refractivity contribution is -0.133. The molecule has 3 aliphatic rings. The molecule has 0 unspecified atom stereocenters. The first-order chi connectivity index (χ1) is 13.3. The molecular weight excluding hydrogens is 376 g/mol. The molecule has 1 aromatic heterocycles. The number of carbonyl (C=O) groups is 1. The Morgan fingerprint density at radius 3 is 2.25 bits per heavy atom. The second kappa shape index (κ2) is 7.61. The van der Waals surface area contributed by atoms with Gasteiger partial charge in [0, 0.05) is 44.3 Å². The van der Waals surface area contributed by atoms with E-state index in [1.54, 1.807) is 0 Å². The maximum atomic E-state index is 12.3. The molecule has 1 aliphatic carbocycles. The molecule has 2 saturated heterocycles. The molecule has 0 atom stereocenters. The summed E-state index contributed by atoms with van der Waals surface area (Å²) in [6, 6.07) is 0. The third-order valence-corrected chi connectivity index (χ3v) is 7.47. The van der Waals surface area contributed by atoms with Crippen molar-refractivity contribution in [3.63, 3.8) is 0 Å². The third kappa shape index (κ3) is 4.16. The van der Waals surface area contributed by atoms with Gasteiger partial charge in [0.2, 0.25) is 11.9 Å². The van der Waals surface area contributed by atoms with Crippen LogP contribution in [0.2, 0.25) is 0 Å². The lowest BCUT2D eigenvalue weighted by Crippen LogP contribution is -2.39. The number of nitrogens with zero attached hydrogens (tertiary/aromatic N) is 4. The molecule has 154 valence electrons. The van der Waals surface area contributed by atoms with Gasteiger partial charge in [0.1, 0.15) is 4.90 Å². The lowest BCUT2D eigenvalue weighted by atomic mass is 9.93. The van der Waals surface area contributed by atoms with E-state index in [0.29, 0.717) is 30.6 Å². The fourth-order valence-electron chi connectivity index (χ4n) is 4.28. The number of carbonyl (C=O) groups excluding carboxylic acids is 1. The maximum absolute atomic E-state index is 12.3. The summed E-state index contributed by atoms with van der Waals surface area (Å²) in [4.78, 5) is 25.8. The topological polar surface area (TPSA) is 83.5 Å². The number of hydrogen-bond acceptors (Lipinski definition) is 6. The molecule has 7 nitrogen and oxygen atoms in total. The van der Waals surface area contributed by atoms with Crippen molar-refractivity contribution in [1.29, 1.82) is 0 Å². The summed E-state index contributed by atoms with van der Waals surface area (Å²) in [5.41, 5.74) is 0.643. The van der Waals surface area contributed by atoms with Crippen molar-refractivity contribution < 1.29 is 13.2 Å². The molecule has 1 amide bonds. The van der Waals surface area contributed by atoms with Crippen molar-refractivity contribution in [2.24, 2.45) is 11.8 Å². The first-order valence-electron chi connectivity index (χ1n) is 10.4. The van der Waals surface area contributed by atoms with E-state index >= 15 is 0 Å². The Balaban J connectivity index is 1.55. The van der Waals surface area contributed by atoms with E-state index in [1.807, 2.05) is 4.90 Å². The quantitative estimate of drug-likeness (QED) is 0.762. The van der Waals surface area contributed by atoms with Gasteiger partial charge in [-0.3, -0.25) is 4.79 Å². The minimum Gasteiger partial charge on any atom is -0.342 e. The smallest absolute Gasteiger partial charge is 0.225 e. The summed E-state index contributed by atoms with van der Waals surface area (Å²) in [5.74, 6) is 1.91. The van der Waals surface area contributed by atoms with Crippen LogP contribution in [0.3, 0.4) is 0 Å². The lowest BCUT2D eigenvalue weighted by Gasteiger charge is -2.34. The minimum absolute atomic E-state index is 0.0541. The van der Waals surface area contributed by atoms with Crippen LogP contribution in [-0.2, 0) is 14.6 Å². The van der Waals surface area contributed by atoms with Crippen LogP contribution in [0.15, 0.2) is 11.1 Å². The zero-order chi connectivity index (χ0) is 19.9. The average molecular weight is 407 g/mol. The van der Waals surface area contributed by atoms with Crippen molar-refractivity contribution in [3.8, 4) is 0 Å². The number of rotatable bonds is 4. The second-order valence-corrected chi connectivity index (χ2v) is 10.7. The highest BCUT2D eigenvalue weighted by Crippen LogP contribution is 2.36. The number of amides is 1. The maximum Gasteiger partial charge on any atom is 0.225 e. The third-order valence-electron chi connectivity index (χ3n) is 6.36. The first-order valence-corrected chi connectivity index (χ1v) is 12.3. The Morgan fingerprint density at radius 1 is 1.04 bits per heavy atom. The fourth-order valence-corrected chi connectivity index (χ4v) is 5.11. The molecule has 8 heteroatoms. The Kier molecular flexibility index (Phi) is 5.33. The molecule has 0 aromatic carbocycles. The molecule has 0 bridgehead atoms. The van der Waals surface area contributed by atoms with Gasteiger partial charge in [-0.25, -0.2) is 18.4 Å². The molecule has 4 rings (SSSR count). The van der Waals surface area contributed by atoms with Gasteiger partial charge < -0.3 is 9.80 Å². The van der Waals surface area contributed by atoms with Gasteiger partial charge in [-0.15, -0.1) is 0 Å². The van der Waals surface area contributed by atoms with Crippen LogP contribution in [0.5, 0.6) is 0 Å². The molecule has 2 aliphatic heterocycles. The standard InChI is InChI=1S/C20H30N4O3S/c1-14-5-9-24(10-6-14)20-21-13-17(28(2,26)27)18(22-20)15-7-11-23(12-8-15)19(25)16-3-4-16/h13-16H,3-12H2,1-2H3. The van der Waals surface area contributed by atoms with Crippen LogP contribution in [-0.4, -0.2) is 61.6 Å². The van der Waals surface area contributed by atoms with Gasteiger partial charge in [-0.1, -0.05) is 6.92 Å². The second-order valence-electron chi connectivity index (χ2n) is 8.74. The SMILES string of the molecule is CC1CCN(c2ncc(S(C)(=O)=O)c(C3CCN(C(=O)C4CC4)CC3)n2)CC1. The molecule has 28 heavy (non-hydrogen) atoms. The van der Waals surface area contributed by atoms with E-state index in [-0.39, 0.29) is 22.6 Å². The van der Waals surface area contributed by atoms with E-state index in [0.717, 1.165) is 51.6 Å². The number of likely N-dealkylation sites (tertiary alicyclic amines) is 1. The van der Waals surface area contributed by atoms with Crippen LogP contribution in [0.4, 0.5) is 5.95 Å². The van der Waals surface area contributed by atoms with Crippen molar-refractivity contribution in [3.05, 3.63) is 11.9 Å². The summed E-state index contributed by atoms with van der Waals surface area (Å²) in [6.45, 7) is 5.45. The van der Waals surface area contributed by atoms with Crippen molar-refractivity contribution in [1.82, 2.24) is 14.9 Å². The zero-order valence-corrected chi connectivity index (χ0v) is 17.6. The van der Waals surface area contributed by atoms with Crippen LogP contribution in [0.25, 0.3) is 0 Å². The number of anilines is 1. The van der Waals surface area contributed by atoms with Crippen LogP contribution >= 0.6 is 0 Å². The Morgan fingerprint density at radius 2 is 1.68 bits per heavy atom. The largest absolute Gasteiger partial charge is 0.342 e. The minimum atomic E-state index is -3.40. The molecule has 0 N–H and O–H groups in total. The highest BCUT2D eigenvalue weighted by atomic mass is 32.2. The van der Waals surface area contributed by atoms with E-state index in [2.05, 4.69) is 16.8 Å². The van der Waals surface area contributed by atoms with E-state index in [1.165, 1.54) is 12.5 Å². The Bertz CT molecular complexity index is 837. The fraction of sp³-hybridized carbons (Fsp3) is 0.750. The Labute approximate surface area is 167 Å². The predicted octanol–water partition coefficient (Wildman–Crippen LogP) is 2.23. The molecule has 0 spiro atoms. The number of sulfone groups is 1. The van der Waals surface area contributed by atoms with Gasteiger partial charge in [0.05, 0.1) is 11.9 Å². The number of aromatic nitrogens is 2. The van der Waals surface area contributed by atoms with Gasteiger partial charge in [-0.05, 0) is 44.4 Å². The summed E-state index contributed by atoms with van der Waals surface area (Å²) in [5, 5.41) is 0. The van der Waals surface area contributed by atoms with E-state index in [9.17, 15) is 13.2 Å². The van der Waals surface area contributed by atoms with E-state index in [4.69, 9.17) is 4.98 Å². The molecule has 1 saturated carbocycles. The number of hydrogen-bond donors (Lipinski definition) is 0. The first kappa shape index (κ1) is 19.6. The van der Waals surface area contributed by atoms with Crippen LogP contribution < -0.4 is 4.90 Å². The monoisotopic (exact) mass is 406 g/mol. The van der Waals surface area contributed by atoms with Gasteiger partial charge in [-0.2, -0.15) is 0 Å². The predicted molar refractivity (Wildman–Crippen MR) is 107 cm³/mol. The van der Waals surface area contributed by atoms with Crippen molar-refractivity contribution >= 4 is 21.7 Å². The van der Waals surface area contributed by atoms with Gasteiger partial charge >= 0.3 is 0 Å². The number of piperidine rings is 2. The summed E-state index contributed by atoms with van der Waals surface area (Å²) >= 11 is 0. The zero-order valence-electron chi connectivity index (χ0n) is 16.8. The highest BCUT2D eigenvalue weighted by Gasteiger charge is 2.36. The Hall–Kier alpha value is -1.70. The van der Waals surface area contributed by atoms with Crippen LogP contribution in [0.1, 0.15) is 57.1 Å². The summed E-state index contributed by atoms with van der Waals surface area (Å²) in [6.07, 6.45) is 8.47. The van der Waals surface area contributed by atoms with Crippen LogP contribution in [0, 0.1) is 11.8 Å². The van der Waals surface area contributed by atoms with Crippen molar-refractivity contribution in [2.75, 3.05) is 37.3 Å². The van der Waals surface area contributed by atoms with E-state index < -0.39 is 9.84 Å². The average Bonchev–Trinajstić information content (AvgIpc) is 3.52.